The molecule has 2 aromatic rings. The van der Waals surface area contributed by atoms with Gasteiger partial charge in [0.1, 0.15) is 0 Å². The summed E-state index contributed by atoms with van der Waals surface area (Å²) in [6.45, 7) is 1.25. The Balaban J connectivity index is 2.07. The molecule has 0 bridgehead atoms. The molecule has 0 aromatic heterocycles. The molecule has 3 rings (SSSR count). The number of benzene rings is 2. The van der Waals surface area contributed by atoms with Crippen LogP contribution in [0.3, 0.4) is 0 Å². The molecule has 0 saturated carbocycles. The number of hydrogen-bond donors (Lipinski definition) is 1. The molecule has 19 heavy (non-hydrogen) atoms. The smallest absolute Gasteiger partial charge is 0.277 e. The van der Waals surface area contributed by atoms with Crippen LogP contribution in [-0.4, -0.2) is 13.1 Å². The molecule has 1 N–H and O–H groups in total. The van der Waals surface area contributed by atoms with Crippen LogP contribution in [-0.2, 0) is 5.92 Å². The molecule has 1 nitrogen and oxygen atoms in total. The third kappa shape index (κ3) is 2.23. The van der Waals surface area contributed by atoms with E-state index in [1.807, 2.05) is 24.3 Å². The van der Waals surface area contributed by atoms with E-state index < -0.39 is 11.8 Å². The second-order valence-corrected chi connectivity index (χ2v) is 5.19. The molecule has 1 unspecified atom stereocenters. The minimum absolute atomic E-state index is 0.166. The summed E-state index contributed by atoms with van der Waals surface area (Å²) >= 11 is 0. The minimum atomic E-state index is -2.77. The topological polar surface area (TPSA) is 12.0 Å². The summed E-state index contributed by atoms with van der Waals surface area (Å²) in [5, 5.41) is 4.62. The number of nitrogens with one attached hydrogen (secondary N) is 1. The van der Waals surface area contributed by atoms with Crippen LogP contribution in [0.1, 0.15) is 18.4 Å². The van der Waals surface area contributed by atoms with E-state index in [0.29, 0.717) is 18.4 Å². The van der Waals surface area contributed by atoms with E-state index in [1.54, 1.807) is 18.2 Å². The van der Waals surface area contributed by atoms with Crippen LogP contribution in [0.15, 0.2) is 42.5 Å². The largest absolute Gasteiger partial charge is 0.316 e. The summed E-state index contributed by atoms with van der Waals surface area (Å²) in [4.78, 5) is 0. The molecule has 0 radical (unpaired) electrons. The van der Waals surface area contributed by atoms with Gasteiger partial charge in [-0.3, -0.25) is 0 Å². The Kier molecular flexibility index (Phi) is 3.23. The number of hydrogen-bond acceptors (Lipinski definition) is 1. The van der Waals surface area contributed by atoms with Crippen LogP contribution in [0, 0.1) is 5.92 Å². The molecule has 1 aliphatic heterocycles. The van der Waals surface area contributed by atoms with Crippen LogP contribution in [0.5, 0.6) is 0 Å². The highest BCUT2D eigenvalue weighted by atomic mass is 19.3. The lowest BCUT2D eigenvalue weighted by molar-refractivity contribution is -0.0711. The van der Waals surface area contributed by atoms with Crippen molar-refractivity contribution in [3.8, 4) is 0 Å². The first-order chi connectivity index (χ1) is 9.19. The summed E-state index contributed by atoms with van der Waals surface area (Å²) in [6.07, 6.45) is 1.41. The monoisotopic (exact) mass is 261 g/mol. The zero-order valence-electron chi connectivity index (χ0n) is 10.7. The molecule has 0 aliphatic carbocycles. The van der Waals surface area contributed by atoms with Gasteiger partial charge < -0.3 is 5.32 Å². The lowest BCUT2D eigenvalue weighted by atomic mass is 9.86. The average Bonchev–Trinajstić information content (AvgIpc) is 2.47. The zero-order chi connectivity index (χ0) is 13.3. The van der Waals surface area contributed by atoms with Crippen molar-refractivity contribution < 1.29 is 8.78 Å². The predicted octanol–water partition coefficient (Wildman–Crippen LogP) is 3.93. The predicted molar refractivity (Wildman–Crippen MR) is 73.4 cm³/mol. The van der Waals surface area contributed by atoms with Crippen LogP contribution in [0.25, 0.3) is 10.8 Å². The Morgan fingerprint density at radius 3 is 2.63 bits per heavy atom. The lowest BCUT2D eigenvalue weighted by Gasteiger charge is -2.31. The van der Waals surface area contributed by atoms with E-state index in [4.69, 9.17) is 0 Å². The Hall–Kier alpha value is -1.48. The first-order valence-electron chi connectivity index (χ1n) is 6.76. The molecular weight excluding hydrogens is 244 g/mol. The average molecular weight is 261 g/mol. The van der Waals surface area contributed by atoms with Gasteiger partial charge in [0.2, 0.25) is 0 Å². The zero-order valence-corrected chi connectivity index (χ0v) is 10.7. The lowest BCUT2D eigenvalue weighted by Crippen LogP contribution is -2.39. The molecule has 1 saturated heterocycles. The van der Waals surface area contributed by atoms with Crippen molar-refractivity contribution in [1.29, 1.82) is 0 Å². The van der Waals surface area contributed by atoms with Gasteiger partial charge in [0.25, 0.3) is 5.92 Å². The van der Waals surface area contributed by atoms with E-state index in [0.717, 1.165) is 18.4 Å². The summed E-state index contributed by atoms with van der Waals surface area (Å²) in [5.41, 5.74) is 0.166. The SMILES string of the molecule is FC(F)(c1cccc2ccccc12)C1CCCNC1. The second-order valence-electron chi connectivity index (χ2n) is 5.19. The van der Waals surface area contributed by atoms with Crippen LogP contribution in [0.4, 0.5) is 8.78 Å². The van der Waals surface area contributed by atoms with Gasteiger partial charge in [-0.15, -0.1) is 0 Å². The molecule has 0 amide bonds. The summed E-state index contributed by atoms with van der Waals surface area (Å²) < 4.78 is 29.5. The number of fused-ring (bicyclic) bond motifs is 1. The van der Waals surface area contributed by atoms with Crippen LogP contribution >= 0.6 is 0 Å². The third-order valence-corrected chi connectivity index (χ3v) is 3.96. The van der Waals surface area contributed by atoms with Gasteiger partial charge in [0.05, 0.1) is 0 Å². The van der Waals surface area contributed by atoms with E-state index in [2.05, 4.69) is 5.32 Å². The molecule has 1 aliphatic rings. The van der Waals surface area contributed by atoms with E-state index in [1.165, 1.54) is 0 Å². The fraction of sp³-hybridized carbons (Fsp3) is 0.375. The molecule has 100 valence electrons. The molecule has 1 heterocycles. The van der Waals surface area contributed by atoms with Gasteiger partial charge in [-0.05, 0) is 30.2 Å². The second kappa shape index (κ2) is 4.89. The third-order valence-electron chi connectivity index (χ3n) is 3.96. The fourth-order valence-corrected chi connectivity index (χ4v) is 2.90. The van der Waals surface area contributed by atoms with Gasteiger partial charge in [-0.2, -0.15) is 0 Å². The van der Waals surface area contributed by atoms with E-state index in [-0.39, 0.29) is 5.56 Å². The van der Waals surface area contributed by atoms with E-state index >= 15 is 0 Å². The molecular formula is C16H17F2N. The maximum Gasteiger partial charge on any atom is 0.277 e. The highest BCUT2D eigenvalue weighted by molar-refractivity contribution is 5.86. The first-order valence-corrected chi connectivity index (χ1v) is 6.76. The van der Waals surface area contributed by atoms with Crippen molar-refractivity contribution in [2.45, 2.75) is 18.8 Å². The van der Waals surface area contributed by atoms with Crippen molar-refractivity contribution >= 4 is 10.8 Å². The van der Waals surface area contributed by atoms with Gasteiger partial charge in [0, 0.05) is 18.0 Å². The maximum absolute atomic E-state index is 14.7. The molecule has 3 heteroatoms. The Morgan fingerprint density at radius 2 is 1.84 bits per heavy atom. The van der Waals surface area contributed by atoms with Gasteiger partial charge >= 0.3 is 0 Å². The Bertz CT molecular complexity index is 568. The molecule has 0 spiro atoms. The van der Waals surface area contributed by atoms with Gasteiger partial charge in [-0.25, -0.2) is 8.78 Å². The number of piperidine rings is 1. The van der Waals surface area contributed by atoms with Crippen molar-refractivity contribution in [2.24, 2.45) is 5.92 Å². The van der Waals surface area contributed by atoms with Crippen LogP contribution in [0.2, 0.25) is 0 Å². The van der Waals surface area contributed by atoms with Gasteiger partial charge in [-0.1, -0.05) is 42.5 Å². The Labute approximate surface area is 111 Å². The van der Waals surface area contributed by atoms with Gasteiger partial charge in [0.15, 0.2) is 0 Å². The molecule has 1 atom stereocenters. The highest BCUT2D eigenvalue weighted by Crippen LogP contribution is 2.42. The first kappa shape index (κ1) is 12.5. The van der Waals surface area contributed by atoms with Crippen molar-refractivity contribution in [3.05, 3.63) is 48.0 Å². The minimum Gasteiger partial charge on any atom is -0.316 e. The van der Waals surface area contributed by atoms with E-state index in [9.17, 15) is 8.78 Å². The molecule has 2 aromatic carbocycles. The highest BCUT2D eigenvalue weighted by Gasteiger charge is 2.42. The number of halogens is 2. The fourth-order valence-electron chi connectivity index (χ4n) is 2.90. The normalized spacial score (nSPS) is 20.6. The van der Waals surface area contributed by atoms with Crippen molar-refractivity contribution in [3.63, 3.8) is 0 Å². The quantitative estimate of drug-likeness (QED) is 0.863. The Morgan fingerprint density at radius 1 is 1.05 bits per heavy atom. The summed E-state index contributed by atoms with van der Waals surface area (Å²) in [7, 11) is 0. The maximum atomic E-state index is 14.7. The molecule has 1 fully saturated rings. The summed E-state index contributed by atoms with van der Waals surface area (Å²) in [5.74, 6) is -3.37. The summed E-state index contributed by atoms with van der Waals surface area (Å²) in [6, 6.07) is 12.5. The van der Waals surface area contributed by atoms with Crippen LogP contribution < -0.4 is 5.32 Å². The number of alkyl halides is 2. The van der Waals surface area contributed by atoms with Crippen molar-refractivity contribution in [1.82, 2.24) is 5.32 Å². The number of rotatable bonds is 2. The standard InChI is InChI=1S/C16H17F2N/c17-16(18,13-7-4-10-19-11-13)15-9-3-6-12-5-1-2-8-14(12)15/h1-3,5-6,8-9,13,19H,4,7,10-11H2. The van der Waals surface area contributed by atoms with Crippen molar-refractivity contribution in [2.75, 3.05) is 13.1 Å².